The number of H-pyrrole nitrogens is 1. The third-order valence-corrected chi connectivity index (χ3v) is 2.10. The van der Waals surface area contributed by atoms with Gasteiger partial charge in [0.1, 0.15) is 5.69 Å². The molecular formula is C11H12N4O. The highest BCUT2D eigenvalue weighted by Crippen LogP contribution is 2.08. The van der Waals surface area contributed by atoms with Crippen LogP contribution in [0.25, 0.3) is 11.5 Å². The fourth-order valence-corrected chi connectivity index (χ4v) is 1.41. The molecule has 0 fully saturated rings. The predicted molar refractivity (Wildman–Crippen MR) is 60.8 cm³/mol. The first-order valence-corrected chi connectivity index (χ1v) is 5.01. The molecule has 0 aliphatic heterocycles. The lowest BCUT2D eigenvalue weighted by Crippen LogP contribution is -2.13. The number of hydrogen-bond donors (Lipinski definition) is 2. The molecule has 82 valence electrons. The van der Waals surface area contributed by atoms with Crippen LogP contribution in [0.4, 0.5) is 0 Å². The van der Waals surface area contributed by atoms with Crippen molar-refractivity contribution >= 4 is 0 Å². The Hall–Kier alpha value is -2.01. The second-order valence-corrected chi connectivity index (χ2v) is 3.34. The van der Waals surface area contributed by atoms with Crippen LogP contribution in [0.2, 0.25) is 0 Å². The molecule has 0 saturated carbocycles. The van der Waals surface area contributed by atoms with Gasteiger partial charge in [0.25, 0.3) is 5.56 Å². The third-order valence-electron chi connectivity index (χ3n) is 2.10. The van der Waals surface area contributed by atoms with E-state index in [2.05, 4.69) is 15.0 Å². The van der Waals surface area contributed by atoms with Crippen molar-refractivity contribution in [2.24, 2.45) is 5.73 Å². The molecule has 0 saturated heterocycles. The van der Waals surface area contributed by atoms with E-state index in [1.165, 1.54) is 6.07 Å². The van der Waals surface area contributed by atoms with Crippen molar-refractivity contribution in [3.8, 4) is 11.5 Å². The van der Waals surface area contributed by atoms with Crippen LogP contribution in [0.3, 0.4) is 0 Å². The van der Waals surface area contributed by atoms with E-state index in [9.17, 15) is 4.79 Å². The van der Waals surface area contributed by atoms with Crippen molar-refractivity contribution in [2.75, 3.05) is 6.54 Å². The Bertz CT molecular complexity index is 521. The number of hydrogen-bond acceptors (Lipinski definition) is 4. The monoisotopic (exact) mass is 216 g/mol. The van der Waals surface area contributed by atoms with Crippen LogP contribution in [0.15, 0.2) is 35.3 Å². The fraction of sp³-hybridized carbons (Fsp3) is 0.182. The largest absolute Gasteiger partial charge is 0.330 e. The summed E-state index contributed by atoms with van der Waals surface area (Å²) in [5.41, 5.74) is 6.59. The normalized spacial score (nSPS) is 10.3. The van der Waals surface area contributed by atoms with Gasteiger partial charge in [-0.25, -0.2) is 4.98 Å². The standard InChI is InChI=1S/C11H12N4O/c12-5-4-8-7-10(16)15-11(14-8)9-3-1-2-6-13-9/h1-3,6-7H,4-5,12H2,(H,14,15,16). The van der Waals surface area contributed by atoms with Crippen molar-refractivity contribution in [3.05, 3.63) is 46.5 Å². The maximum absolute atomic E-state index is 11.4. The minimum atomic E-state index is -0.181. The highest BCUT2D eigenvalue weighted by Gasteiger charge is 2.03. The summed E-state index contributed by atoms with van der Waals surface area (Å²) in [6.45, 7) is 0.470. The number of rotatable bonds is 3. The molecule has 16 heavy (non-hydrogen) atoms. The van der Waals surface area contributed by atoms with Crippen LogP contribution in [0.5, 0.6) is 0 Å². The van der Waals surface area contributed by atoms with E-state index >= 15 is 0 Å². The van der Waals surface area contributed by atoms with E-state index in [0.717, 1.165) is 0 Å². The molecule has 3 N–H and O–H groups in total. The van der Waals surface area contributed by atoms with Gasteiger partial charge < -0.3 is 10.7 Å². The van der Waals surface area contributed by atoms with Crippen LogP contribution in [-0.2, 0) is 6.42 Å². The van der Waals surface area contributed by atoms with E-state index in [1.807, 2.05) is 12.1 Å². The van der Waals surface area contributed by atoms with Gasteiger partial charge in [0, 0.05) is 24.4 Å². The molecule has 2 rings (SSSR count). The average Bonchev–Trinajstić information content (AvgIpc) is 2.30. The van der Waals surface area contributed by atoms with Gasteiger partial charge >= 0.3 is 0 Å². The van der Waals surface area contributed by atoms with Gasteiger partial charge in [-0.2, -0.15) is 0 Å². The smallest absolute Gasteiger partial charge is 0.251 e. The fourth-order valence-electron chi connectivity index (χ4n) is 1.41. The van der Waals surface area contributed by atoms with Crippen LogP contribution >= 0.6 is 0 Å². The first kappa shape index (κ1) is 10.5. The highest BCUT2D eigenvalue weighted by molar-refractivity contribution is 5.47. The molecule has 0 aliphatic rings. The summed E-state index contributed by atoms with van der Waals surface area (Å²) in [5.74, 6) is 0.483. The minimum absolute atomic E-state index is 0.181. The zero-order valence-electron chi connectivity index (χ0n) is 8.68. The summed E-state index contributed by atoms with van der Waals surface area (Å²) in [5, 5.41) is 0. The van der Waals surface area contributed by atoms with Crippen LogP contribution in [0, 0.1) is 0 Å². The number of nitrogens with two attached hydrogens (primary N) is 1. The van der Waals surface area contributed by atoms with E-state index in [4.69, 9.17) is 5.73 Å². The lowest BCUT2D eigenvalue weighted by molar-refractivity contribution is 0.903. The van der Waals surface area contributed by atoms with E-state index < -0.39 is 0 Å². The van der Waals surface area contributed by atoms with Crippen molar-refractivity contribution < 1.29 is 0 Å². The Morgan fingerprint density at radius 2 is 2.25 bits per heavy atom. The Morgan fingerprint density at radius 3 is 2.94 bits per heavy atom. The second kappa shape index (κ2) is 4.67. The molecule has 0 radical (unpaired) electrons. The summed E-state index contributed by atoms with van der Waals surface area (Å²) in [6, 6.07) is 6.91. The lowest BCUT2D eigenvalue weighted by atomic mass is 10.3. The average molecular weight is 216 g/mol. The molecule has 2 heterocycles. The summed E-state index contributed by atoms with van der Waals surface area (Å²) in [4.78, 5) is 22.5. The number of nitrogens with zero attached hydrogens (tertiary/aromatic N) is 2. The highest BCUT2D eigenvalue weighted by atomic mass is 16.1. The predicted octanol–water partition coefficient (Wildman–Crippen LogP) is 0.333. The maximum atomic E-state index is 11.4. The van der Waals surface area contributed by atoms with Gasteiger partial charge in [-0.3, -0.25) is 9.78 Å². The SMILES string of the molecule is NCCc1cc(=O)[nH]c(-c2ccccn2)n1. The molecule has 5 heteroatoms. The van der Waals surface area contributed by atoms with Crippen LogP contribution in [-0.4, -0.2) is 21.5 Å². The van der Waals surface area contributed by atoms with E-state index in [0.29, 0.717) is 30.2 Å². The van der Waals surface area contributed by atoms with Crippen molar-refractivity contribution in [3.63, 3.8) is 0 Å². The zero-order valence-corrected chi connectivity index (χ0v) is 8.68. The lowest BCUT2D eigenvalue weighted by Gasteiger charge is -2.02. The zero-order chi connectivity index (χ0) is 11.4. The number of aromatic amines is 1. The molecule has 0 aromatic carbocycles. The summed E-state index contributed by atoms with van der Waals surface area (Å²) in [6.07, 6.45) is 2.24. The third kappa shape index (κ3) is 2.32. The number of nitrogens with one attached hydrogen (secondary N) is 1. The first-order valence-electron chi connectivity index (χ1n) is 5.01. The second-order valence-electron chi connectivity index (χ2n) is 3.34. The van der Waals surface area contributed by atoms with Crippen molar-refractivity contribution in [1.29, 1.82) is 0 Å². The molecule has 0 unspecified atom stereocenters. The summed E-state index contributed by atoms with van der Waals surface area (Å²) < 4.78 is 0. The Balaban J connectivity index is 2.45. The van der Waals surface area contributed by atoms with Gasteiger partial charge in [0.2, 0.25) is 0 Å². The topological polar surface area (TPSA) is 84.7 Å². The molecule has 5 nitrogen and oxygen atoms in total. The van der Waals surface area contributed by atoms with Crippen molar-refractivity contribution in [1.82, 2.24) is 15.0 Å². The van der Waals surface area contributed by atoms with Gasteiger partial charge in [0.15, 0.2) is 5.82 Å². The van der Waals surface area contributed by atoms with E-state index in [-0.39, 0.29) is 5.56 Å². The van der Waals surface area contributed by atoms with Gasteiger partial charge in [0.05, 0.1) is 0 Å². The maximum Gasteiger partial charge on any atom is 0.251 e. The Labute approximate surface area is 92.4 Å². The molecule has 0 aliphatic carbocycles. The Kier molecular flexibility index (Phi) is 3.07. The van der Waals surface area contributed by atoms with Gasteiger partial charge in [-0.1, -0.05) is 6.07 Å². The Morgan fingerprint density at radius 1 is 1.38 bits per heavy atom. The molecule has 0 amide bonds. The van der Waals surface area contributed by atoms with Crippen LogP contribution < -0.4 is 11.3 Å². The molecule has 0 spiro atoms. The quantitative estimate of drug-likeness (QED) is 0.774. The van der Waals surface area contributed by atoms with Crippen molar-refractivity contribution in [2.45, 2.75) is 6.42 Å². The van der Waals surface area contributed by atoms with Gasteiger partial charge in [-0.15, -0.1) is 0 Å². The molecular weight excluding hydrogens is 204 g/mol. The van der Waals surface area contributed by atoms with E-state index in [1.54, 1.807) is 12.3 Å². The molecule has 0 atom stereocenters. The molecule has 2 aromatic heterocycles. The number of aromatic nitrogens is 3. The van der Waals surface area contributed by atoms with Crippen LogP contribution in [0.1, 0.15) is 5.69 Å². The summed E-state index contributed by atoms with van der Waals surface area (Å²) >= 11 is 0. The van der Waals surface area contributed by atoms with Gasteiger partial charge in [-0.05, 0) is 18.7 Å². The minimum Gasteiger partial charge on any atom is -0.330 e. The first-order chi connectivity index (χ1) is 7.79. The number of pyridine rings is 1. The summed E-state index contributed by atoms with van der Waals surface area (Å²) in [7, 11) is 0. The molecule has 2 aromatic rings. The molecule has 0 bridgehead atoms.